The first-order valence-electron chi connectivity index (χ1n) is 8.59. The number of carbonyl (C=O) groups is 1. The molecule has 1 aromatic carbocycles. The third-order valence-electron chi connectivity index (χ3n) is 4.94. The number of amides is 1. The van der Waals surface area contributed by atoms with Crippen LogP contribution in [-0.4, -0.2) is 25.9 Å². The largest absolute Gasteiger partial charge is 0.321 e. The molecule has 0 bridgehead atoms. The van der Waals surface area contributed by atoms with Gasteiger partial charge in [0, 0.05) is 35.8 Å². The molecule has 2 heterocycles. The molecule has 0 unspecified atom stereocenters. The number of allylic oxidation sites excluding steroid dienone is 1. The van der Waals surface area contributed by atoms with Gasteiger partial charge in [-0.15, -0.1) is 0 Å². The van der Waals surface area contributed by atoms with E-state index >= 15 is 0 Å². The molecule has 0 radical (unpaired) electrons. The number of aryl methyl sites for hydroxylation is 3. The molecule has 4 rings (SSSR count). The maximum atomic E-state index is 12.5. The topological polar surface area (TPSA) is 75.6 Å². The molecule has 6 nitrogen and oxygen atoms in total. The van der Waals surface area contributed by atoms with Crippen LogP contribution in [0, 0.1) is 20.8 Å². The van der Waals surface area contributed by atoms with Gasteiger partial charge in [0.25, 0.3) is 5.91 Å². The Kier molecular flexibility index (Phi) is 3.76. The van der Waals surface area contributed by atoms with E-state index in [-0.39, 0.29) is 5.91 Å². The summed E-state index contributed by atoms with van der Waals surface area (Å²) in [6.45, 7) is 5.82. The Hall–Kier alpha value is -3.15. The smallest absolute Gasteiger partial charge is 0.276 e. The van der Waals surface area contributed by atoms with Gasteiger partial charge in [0.15, 0.2) is 5.69 Å². The molecule has 3 aromatic rings. The summed E-state index contributed by atoms with van der Waals surface area (Å²) in [5.41, 5.74) is 8.85. The maximum Gasteiger partial charge on any atom is 0.276 e. The second kappa shape index (κ2) is 5.98. The zero-order valence-electron chi connectivity index (χ0n) is 15.3. The van der Waals surface area contributed by atoms with Gasteiger partial charge in [-0.2, -0.15) is 10.2 Å². The fourth-order valence-electron chi connectivity index (χ4n) is 3.40. The number of nitrogens with zero attached hydrogens (tertiary/aromatic N) is 3. The van der Waals surface area contributed by atoms with E-state index in [1.807, 2.05) is 44.6 Å². The second-order valence-electron chi connectivity index (χ2n) is 6.84. The first-order chi connectivity index (χ1) is 12.4. The van der Waals surface area contributed by atoms with Gasteiger partial charge in [-0.3, -0.25) is 14.6 Å². The molecule has 0 atom stereocenters. The van der Waals surface area contributed by atoms with Crippen molar-refractivity contribution < 1.29 is 4.79 Å². The van der Waals surface area contributed by atoms with Crippen molar-refractivity contribution in [1.29, 1.82) is 0 Å². The van der Waals surface area contributed by atoms with Gasteiger partial charge in [0.1, 0.15) is 0 Å². The normalized spacial score (nSPS) is 12.8. The number of aromatic amines is 1. The number of rotatable bonds is 3. The van der Waals surface area contributed by atoms with E-state index in [0.717, 1.165) is 34.6 Å². The highest BCUT2D eigenvalue weighted by Gasteiger charge is 2.19. The van der Waals surface area contributed by atoms with Gasteiger partial charge >= 0.3 is 0 Å². The average molecular weight is 347 g/mol. The summed E-state index contributed by atoms with van der Waals surface area (Å²) >= 11 is 0. The molecule has 2 aromatic heterocycles. The van der Waals surface area contributed by atoms with Crippen molar-refractivity contribution in [2.45, 2.75) is 27.2 Å². The van der Waals surface area contributed by atoms with Crippen LogP contribution in [0.5, 0.6) is 0 Å². The minimum Gasteiger partial charge on any atom is -0.321 e. The summed E-state index contributed by atoms with van der Waals surface area (Å²) in [4.78, 5) is 12.5. The van der Waals surface area contributed by atoms with Gasteiger partial charge in [0.2, 0.25) is 0 Å². The minimum atomic E-state index is -0.197. The molecular formula is C20H21N5O. The van der Waals surface area contributed by atoms with Crippen molar-refractivity contribution >= 4 is 23.2 Å². The third-order valence-corrected chi connectivity index (χ3v) is 4.94. The van der Waals surface area contributed by atoms with Crippen LogP contribution >= 0.6 is 0 Å². The zero-order chi connectivity index (χ0) is 18.4. The lowest BCUT2D eigenvalue weighted by Crippen LogP contribution is -2.13. The molecule has 1 aliphatic rings. The highest BCUT2D eigenvalue weighted by Crippen LogP contribution is 2.34. The molecule has 132 valence electrons. The van der Waals surface area contributed by atoms with E-state index in [2.05, 4.69) is 39.0 Å². The lowest BCUT2D eigenvalue weighted by atomic mass is 10.0. The monoisotopic (exact) mass is 347 g/mol. The van der Waals surface area contributed by atoms with E-state index in [0.29, 0.717) is 5.69 Å². The van der Waals surface area contributed by atoms with Gasteiger partial charge in [0.05, 0.1) is 5.69 Å². The van der Waals surface area contributed by atoms with Crippen LogP contribution in [0.3, 0.4) is 0 Å². The first kappa shape index (κ1) is 16.3. The Morgan fingerprint density at radius 2 is 2.08 bits per heavy atom. The third kappa shape index (κ3) is 2.73. The van der Waals surface area contributed by atoms with Crippen LogP contribution in [0.1, 0.15) is 44.1 Å². The number of nitrogens with one attached hydrogen (secondary N) is 2. The summed E-state index contributed by atoms with van der Waals surface area (Å²) in [7, 11) is 1.94. The van der Waals surface area contributed by atoms with E-state index < -0.39 is 0 Å². The summed E-state index contributed by atoms with van der Waals surface area (Å²) in [6.07, 6.45) is 5.12. The fourth-order valence-corrected chi connectivity index (χ4v) is 3.40. The van der Waals surface area contributed by atoms with Gasteiger partial charge < -0.3 is 5.32 Å². The zero-order valence-corrected chi connectivity index (χ0v) is 15.3. The molecule has 0 spiro atoms. The Balaban J connectivity index is 1.59. The SMILES string of the molecule is Cc1nn(C)cc1C1=Cc2cc(NC(=O)c3n[nH]c(C)c3C)ccc2C1. The number of anilines is 1. The van der Waals surface area contributed by atoms with Crippen LogP contribution < -0.4 is 5.32 Å². The lowest BCUT2D eigenvalue weighted by Gasteiger charge is -2.06. The van der Waals surface area contributed by atoms with Gasteiger partial charge in [-0.1, -0.05) is 12.1 Å². The molecule has 0 saturated carbocycles. The number of fused-ring (bicyclic) bond motifs is 1. The van der Waals surface area contributed by atoms with E-state index in [9.17, 15) is 4.79 Å². The predicted molar refractivity (Wildman–Crippen MR) is 102 cm³/mol. The molecule has 6 heteroatoms. The van der Waals surface area contributed by atoms with Crippen molar-refractivity contribution in [3.05, 3.63) is 63.7 Å². The quantitative estimate of drug-likeness (QED) is 0.762. The number of hydrogen-bond acceptors (Lipinski definition) is 3. The summed E-state index contributed by atoms with van der Waals surface area (Å²) in [5, 5.41) is 14.3. The Labute approximate surface area is 151 Å². The van der Waals surface area contributed by atoms with Crippen molar-refractivity contribution in [2.75, 3.05) is 5.32 Å². The summed E-state index contributed by atoms with van der Waals surface area (Å²) in [6, 6.07) is 6.03. The number of hydrogen-bond donors (Lipinski definition) is 2. The van der Waals surface area contributed by atoms with Gasteiger partial charge in [-0.05, 0) is 56.0 Å². The van der Waals surface area contributed by atoms with Crippen molar-refractivity contribution in [3.8, 4) is 0 Å². The first-order valence-corrected chi connectivity index (χ1v) is 8.59. The van der Waals surface area contributed by atoms with Crippen LogP contribution in [-0.2, 0) is 13.5 Å². The average Bonchev–Trinajstić information content (AvgIpc) is 3.25. The van der Waals surface area contributed by atoms with Crippen molar-refractivity contribution in [1.82, 2.24) is 20.0 Å². The molecular weight excluding hydrogens is 326 g/mol. The number of carbonyl (C=O) groups excluding carboxylic acids is 1. The van der Waals surface area contributed by atoms with E-state index in [4.69, 9.17) is 0 Å². The molecule has 26 heavy (non-hydrogen) atoms. The maximum absolute atomic E-state index is 12.5. The molecule has 0 fully saturated rings. The fraction of sp³-hybridized carbons (Fsp3) is 0.250. The molecule has 1 amide bonds. The van der Waals surface area contributed by atoms with Crippen LogP contribution in [0.2, 0.25) is 0 Å². The van der Waals surface area contributed by atoms with Crippen molar-refractivity contribution in [3.63, 3.8) is 0 Å². The van der Waals surface area contributed by atoms with E-state index in [1.54, 1.807) is 0 Å². The van der Waals surface area contributed by atoms with E-state index in [1.165, 1.54) is 16.7 Å². The van der Waals surface area contributed by atoms with Gasteiger partial charge in [-0.25, -0.2) is 0 Å². The Bertz CT molecular complexity index is 1050. The molecule has 2 N–H and O–H groups in total. The van der Waals surface area contributed by atoms with Crippen LogP contribution in [0.25, 0.3) is 11.6 Å². The number of H-pyrrole nitrogens is 1. The Morgan fingerprint density at radius 1 is 1.27 bits per heavy atom. The van der Waals surface area contributed by atoms with Crippen LogP contribution in [0.4, 0.5) is 5.69 Å². The number of aromatic nitrogens is 4. The van der Waals surface area contributed by atoms with Crippen molar-refractivity contribution in [2.24, 2.45) is 7.05 Å². The highest BCUT2D eigenvalue weighted by atomic mass is 16.1. The second-order valence-corrected chi connectivity index (χ2v) is 6.84. The number of benzene rings is 1. The molecule has 0 saturated heterocycles. The highest BCUT2D eigenvalue weighted by molar-refractivity contribution is 6.04. The Morgan fingerprint density at radius 3 is 2.73 bits per heavy atom. The summed E-state index contributed by atoms with van der Waals surface area (Å²) in [5.74, 6) is -0.197. The summed E-state index contributed by atoms with van der Waals surface area (Å²) < 4.78 is 1.84. The molecule has 0 aliphatic heterocycles. The lowest BCUT2D eigenvalue weighted by molar-refractivity contribution is 0.102. The molecule has 1 aliphatic carbocycles. The minimum absolute atomic E-state index is 0.197. The van der Waals surface area contributed by atoms with Crippen LogP contribution in [0.15, 0.2) is 24.4 Å². The standard InChI is InChI=1S/C20H21N5O/c1-11-12(2)22-23-19(11)20(26)21-17-6-5-14-7-16(8-15(14)9-17)18-10-25(4)24-13(18)3/h5-6,8-10H,7H2,1-4H3,(H,21,26)(H,22,23). The predicted octanol–water partition coefficient (Wildman–Crippen LogP) is 3.42.